The van der Waals surface area contributed by atoms with E-state index in [0.29, 0.717) is 17.1 Å². The van der Waals surface area contributed by atoms with Crippen molar-refractivity contribution < 1.29 is 4.79 Å². The summed E-state index contributed by atoms with van der Waals surface area (Å²) >= 11 is 1.88. The highest BCUT2D eigenvalue weighted by atomic mass is 32.2. The quantitative estimate of drug-likeness (QED) is 0.603. The Morgan fingerprint density at radius 1 is 1.37 bits per heavy atom. The van der Waals surface area contributed by atoms with Crippen molar-refractivity contribution in [2.45, 2.75) is 25.7 Å². The number of thioether (sulfide) groups is 1. The van der Waals surface area contributed by atoms with E-state index >= 15 is 0 Å². The van der Waals surface area contributed by atoms with Gasteiger partial charge in [-0.2, -0.15) is 11.8 Å². The lowest BCUT2D eigenvalue weighted by Crippen LogP contribution is -2.16. The van der Waals surface area contributed by atoms with Crippen LogP contribution in [0.25, 0.3) is 0 Å². The normalized spacial score (nSPS) is 10.4. The average molecular weight is 282 g/mol. The van der Waals surface area contributed by atoms with E-state index in [1.165, 1.54) is 31.1 Å². The monoisotopic (exact) mass is 282 g/mol. The standard InChI is InChI=1S/C13H22N4OS/c1-19-7-5-3-2-4-6-16-11-9-17-12(14)8-10(11)13(15)18/h8-9,16H,2-7H2,1H3,(H2,14,17)(H2,15,18). The number of nitrogens with one attached hydrogen (secondary N) is 1. The molecule has 0 spiro atoms. The molecule has 1 aromatic rings. The first-order valence-corrected chi connectivity index (χ1v) is 7.82. The van der Waals surface area contributed by atoms with Crippen LogP contribution in [-0.2, 0) is 0 Å². The van der Waals surface area contributed by atoms with Crippen LogP contribution >= 0.6 is 11.8 Å². The lowest BCUT2D eigenvalue weighted by molar-refractivity contribution is 0.100. The van der Waals surface area contributed by atoms with Gasteiger partial charge in [-0.1, -0.05) is 12.8 Å². The van der Waals surface area contributed by atoms with E-state index in [1.807, 2.05) is 11.8 Å². The van der Waals surface area contributed by atoms with Crippen LogP contribution in [0.3, 0.4) is 0 Å². The van der Waals surface area contributed by atoms with Gasteiger partial charge in [-0.25, -0.2) is 4.98 Å². The molecule has 0 aliphatic heterocycles. The van der Waals surface area contributed by atoms with Gasteiger partial charge in [-0.05, 0) is 30.9 Å². The minimum atomic E-state index is -0.489. The van der Waals surface area contributed by atoms with Gasteiger partial charge in [0.15, 0.2) is 0 Å². The molecule has 19 heavy (non-hydrogen) atoms. The van der Waals surface area contributed by atoms with E-state index in [0.717, 1.165) is 13.0 Å². The molecule has 0 aliphatic rings. The summed E-state index contributed by atoms with van der Waals surface area (Å²) in [6.07, 6.45) is 8.44. The van der Waals surface area contributed by atoms with Gasteiger partial charge in [0.2, 0.25) is 0 Å². The fraction of sp³-hybridized carbons (Fsp3) is 0.538. The summed E-state index contributed by atoms with van der Waals surface area (Å²) < 4.78 is 0. The van der Waals surface area contributed by atoms with Gasteiger partial charge in [0.25, 0.3) is 5.91 Å². The largest absolute Gasteiger partial charge is 0.384 e. The molecule has 5 nitrogen and oxygen atoms in total. The highest BCUT2D eigenvalue weighted by molar-refractivity contribution is 7.98. The maximum absolute atomic E-state index is 11.3. The third kappa shape index (κ3) is 5.83. The first-order valence-electron chi connectivity index (χ1n) is 6.43. The molecule has 5 N–H and O–H groups in total. The smallest absolute Gasteiger partial charge is 0.250 e. The Hall–Kier alpha value is -1.43. The molecule has 1 amide bonds. The van der Waals surface area contributed by atoms with E-state index in [4.69, 9.17) is 11.5 Å². The molecule has 1 aromatic heterocycles. The number of rotatable bonds is 9. The number of nitrogen functional groups attached to an aromatic ring is 1. The lowest BCUT2D eigenvalue weighted by atomic mass is 10.2. The number of anilines is 2. The van der Waals surface area contributed by atoms with Gasteiger partial charge in [0.05, 0.1) is 17.4 Å². The number of carbonyl (C=O) groups excluding carboxylic acids is 1. The molecule has 1 rings (SSSR count). The summed E-state index contributed by atoms with van der Waals surface area (Å²) in [5.74, 6) is 1.04. The summed E-state index contributed by atoms with van der Waals surface area (Å²) in [5, 5.41) is 3.19. The van der Waals surface area contributed by atoms with Crippen LogP contribution < -0.4 is 16.8 Å². The van der Waals surface area contributed by atoms with Gasteiger partial charge < -0.3 is 16.8 Å². The van der Waals surface area contributed by atoms with Crippen molar-refractivity contribution in [3.63, 3.8) is 0 Å². The maximum Gasteiger partial charge on any atom is 0.250 e. The Bertz CT molecular complexity index is 412. The van der Waals surface area contributed by atoms with Crippen molar-refractivity contribution >= 4 is 29.2 Å². The number of hydrogen-bond acceptors (Lipinski definition) is 5. The van der Waals surface area contributed by atoms with Gasteiger partial charge in [-0.15, -0.1) is 0 Å². The number of unbranched alkanes of at least 4 members (excludes halogenated alkanes) is 3. The van der Waals surface area contributed by atoms with Crippen LogP contribution in [0.1, 0.15) is 36.0 Å². The van der Waals surface area contributed by atoms with E-state index in [1.54, 1.807) is 6.20 Å². The molecular formula is C13H22N4OS. The summed E-state index contributed by atoms with van der Waals surface area (Å²) in [6.45, 7) is 0.811. The number of primary amides is 1. The van der Waals surface area contributed by atoms with E-state index in [2.05, 4.69) is 16.6 Å². The van der Waals surface area contributed by atoms with Crippen molar-refractivity contribution in [1.82, 2.24) is 4.98 Å². The Morgan fingerprint density at radius 3 is 2.79 bits per heavy atom. The number of carbonyl (C=O) groups is 1. The molecule has 0 aromatic carbocycles. The van der Waals surface area contributed by atoms with Crippen molar-refractivity contribution in [2.75, 3.05) is 29.6 Å². The van der Waals surface area contributed by atoms with Crippen LogP contribution in [0.2, 0.25) is 0 Å². The summed E-state index contributed by atoms with van der Waals surface area (Å²) in [4.78, 5) is 15.2. The zero-order chi connectivity index (χ0) is 14.1. The minimum absolute atomic E-state index is 0.302. The summed E-state index contributed by atoms with van der Waals surface area (Å²) in [6, 6.07) is 1.50. The lowest BCUT2D eigenvalue weighted by Gasteiger charge is -2.10. The van der Waals surface area contributed by atoms with Crippen molar-refractivity contribution in [3.05, 3.63) is 17.8 Å². The molecule has 0 bridgehead atoms. The van der Waals surface area contributed by atoms with E-state index in [9.17, 15) is 4.79 Å². The molecule has 0 fully saturated rings. The maximum atomic E-state index is 11.3. The molecule has 0 aliphatic carbocycles. The molecule has 106 valence electrons. The molecule has 0 saturated carbocycles. The number of pyridine rings is 1. The van der Waals surface area contributed by atoms with Crippen LogP contribution in [0.5, 0.6) is 0 Å². The van der Waals surface area contributed by atoms with Crippen LogP contribution in [0.4, 0.5) is 11.5 Å². The molecule has 0 atom stereocenters. The van der Waals surface area contributed by atoms with Gasteiger partial charge >= 0.3 is 0 Å². The molecule has 0 unspecified atom stereocenters. The topological polar surface area (TPSA) is 94.0 Å². The van der Waals surface area contributed by atoms with Crippen LogP contribution in [-0.4, -0.2) is 29.4 Å². The fourth-order valence-electron chi connectivity index (χ4n) is 1.76. The van der Waals surface area contributed by atoms with Crippen molar-refractivity contribution in [2.24, 2.45) is 5.73 Å². The van der Waals surface area contributed by atoms with Gasteiger partial charge in [0.1, 0.15) is 5.82 Å². The summed E-state index contributed by atoms with van der Waals surface area (Å²) in [5.41, 5.74) is 11.9. The van der Waals surface area contributed by atoms with Gasteiger partial charge in [0, 0.05) is 6.54 Å². The first kappa shape index (κ1) is 15.6. The number of aromatic nitrogens is 1. The molecule has 0 radical (unpaired) electrons. The van der Waals surface area contributed by atoms with Gasteiger partial charge in [-0.3, -0.25) is 4.79 Å². The summed E-state index contributed by atoms with van der Waals surface area (Å²) in [7, 11) is 0. The average Bonchev–Trinajstić information content (AvgIpc) is 2.39. The molecule has 0 saturated heterocycles. The highest BCUT2D eigenvalue weighted by Gasteiger charge is 2.08. The van der Waals surface area contributed by atoms with Crippen molar-refractivity contribution in [3.8, 4) is 0 Å². The minimum Gasteiger partial charge on any atom is -0.384 e. The fourth-order valence-corrected chi connectivity index (χ4v) is 2.26. The molecular weight excluding hydrogens is 260 g/mol. The van der Waals surface area contributed by atoms with E-state index < -0.39 is 5.91 Å². The van der Waals surface area contributed by atoms with E-state index in [-0.39, 0.29) is 0 Å². The van der Waals surface area contributed by atoms with Crippen molar-refractivity contribution in [1.29, 1.82) is 0 Å². The Balaban J connectivity index is 2.35. The Kier molecular flexibility index (Phi) is 7.10. The predicted molar refractivity (Wildman–Crippen MR) is 82.5 cm³/mol. The first-order chi connectivity index (χ1) is 9.15. The third-order valence-corrected chi connectivity index (χ3v) is 3.48. The Morgan fingerprint density at radius 2 is 2.11 bits per heavy atom. The number of hydrogen-bond donors (Lipinski definition) is 3. The number of nitrogens with zero attached hydrogens (tertiary/aromatic N) is 1. The number of nitrogens with two attached hydrogens (primary N) is 2. The van der Waals surface area contributed by atoms with Crippen LogP contribution in [0.15, 0.2) is 12.3 Å². The second-order valence-electron chi connectivity index (χ2n) is 4.35. The number of amides is 1. The van der Waals surface area contributed by atoms with Crippen LogP contribution in [0, 0.1) is 0 Å². The second kappa shape index (κ2) is 8.63. The highest BCUT2D eigenvalue weighted by Crippen LogP contribution is 2.16. The SMILES string of the molecule is CSCCCCCCNc1cnc(N)cc1C(N)=O. The molecule has 1 heterocycles. The third-order valence-electron chi connectivity index (χ3n) is 2.78. The second-order valence-corrected chi connectivity index (χ2v) is 5.34. The molecule has 6 heteroatoms. The zero-order valence-electron chi connectivity index (χ0n) is 11.3. The zero-order valence-corrected chi connectivity index (χ0v) is 12.1. The predicted octanol–water partition coefficient (Wildman–Crippen LogP) is 2.10. The Labute approximate surface area is 118 Å².